The summed E-state index contributed by atoms with van der Waals surface area (Å²) >= 11 is 0. The van der Waals surface area contributed by atoms with E-state index in [9.17, 15) is 14.7 Å². The van der Waals surface area contributed by atoms with E-state index in [1.807, 2.05) is 45.9 Å². The van der Waals surface area contributed by atoms with Crippen LogP contribution in [0.25, 0.3) is 0 Å². The summed E-state index contributed by atoms with van der Waals surface area (Å²) in [7, 11) is 0. The lowest BCUT2D eigenvalue weighted by atomic mass is 9.87. The molecule has 3 saturated heterocycles. The summed E-state index contributed by atoms with van der Waals surface area (Å²) in [6.07, 6.45) is 9.70. The molecule has 3 rings (SSSR count). The molecule has 3 fully saturated rings. The monoisotopic (exact) mass is 505 g/mol. The summed E-state index contributed by atoms with van der Waals surface area (Å²) < 4.78 is 17.8. The molecule has 1 spiro atoms. The smallest absolute Gasteiger partial charge is 0.243 e. The third kappa shape index (κ3) is 7.83. The predicted molar refractivity (Wildman–Crippen MR) is 136 cm³/mol. The van der Waals surface area contributed by atoms with E-state index in [1.54, 1.807) is 6.08 Å². The van der Waals surface area contributed by atoms with Crippen molar-refractivity contribution in [3.63, 3.8) is 0 Å². The number of rotatable bonds is 10. The first-order valence-corrected chi connectivity index (χ1v) is 13.1. The maximum absolute atomic E-state index is 12.2. The molecule has 202 valence electrons. The van der Waals surface area contributed by atoms with Crippen LogP contribution in [0.3, 0.4) is 0 Å². The molecule has 8 atom stereocenters. The highest BCUT2D eigenvalue weighted by molar-refractivity contribution is 5.87. The van der Waals surface area contributed by atoms with Crippen molar-refractivity contribution in [2.45, 2.75) is 102 Å². The van der Waals surface area contributed by atoms with Gasteiger partial charge in [-0.05, 0) is 44.6 Å². The Hall–Kier alpha value is -1.84. The van der Waals surface area contributed by atoms with Crippen LogP contribution in [0.4, 0.5) is 0 Å². The molecule has 0 aliphatic carbocycles. The summed E-state index contributed by atoms with van der Waals surface area (Å²) in [5.74, 6) is 0.254. The minimum atomic E-state index is -0.799. The third-order valence-corrected chi connectivity index (χ3v) is 7.32. The summed E-state index contributed by atoms with van der Waals surface area (Å²) in [5.41, 5.74) is 0.367. The van der Waals surface area contributed by atoms with E-state index in [4.69, 9.17) is 19.3 Å². The number of Topliss-reactive ketones (excluding diaryl/α,β-unsaturated/α-hetero) is 1. The molecule has 3 N–H and O–H groups in total. The van der Waals surface area contributed by atoms with Crippen LogP contribution in [0.15, 0.2) is 36.0 Å². The van der Waals surface area contributed by atoms with Gasteiger partial charge in [0.2, 0.25) is 5.91 Å². The molecule has 0 aromatic rings. The predicted octanol–water partition coefficient (Wildman–Crippen LogP) is 2.63. The highest BCUT2D eigenvalue weighted by atomic mass is 16.6. The standard InChI is InChI=1S/C28H43NO7/c1-17(2)6-11-26(32)29-23-12-19(4)24(35-20(23)5)9-7-18(3)8-10-25-27(33)28(16-34-28)14-22(36-25)13-21(31)15-30/h6-8,10-11,17,19-20,22-25,27,30,33H,9,12-16H2,1-5H3,(H,29,32)/b10-8+,11-6-,18-7+/t19-,20+,22+,23+,24-,25+,27+,28+/m0/s1. The number of aliphatic hydroxyl groups excluding tert-OH is 2. The number of carbonyl (C=O) groups excluding carboxylic acids is 2. The van der Waals surface area contributed by atoms with Crippen molar-refractivity contribution in [3.05, 3.63) is 36.0 Å². The van der Waals surface area contributed by atoms with E-state index < -0.39 is 24.4 Å². The number of ether oxygens (including phenoxy) is 3. The fourth-order valence-electron chi connectivity index (χ4n) is 4.96. The van der Waals surface area contributed by atoms with Gasteiger partial charge in [-0.15, -0.1) is 0 Å². The van der Waals surface area contributed by atoms with Crippen LogP contribution < -0.4 is 5.32 Å². The van der Waals surface area contributed by atoms with Crippen molar-refractivity contribution < 1.29 is 34.0 Å². The zero-order chi connectivity index (χ0) is 26.5. The minimum absolute atomic E-state index is 0.0157. The van der Waals surface area contributed by atoms with E-state index in [1.165, 1.54) is 0 Å². The molecule has 0 unspecified atom stereocenters. The highest BCUT2D eigenvalue weighted by Gasteiger charge is 2.58. The molecule has 3 aliphatic rings. The van der Waals surface area contributed by atoms with Crippen LogP contribution in [0.2, 0.25) is 0 Å². The second kappa shape index (κ2) is 12.6. The fourth-order valence-corrected chi connectivity index (χ4v) is 4.96. The van der Waals surface area contributed by atoms with Gasteiger partial charge in [0, 0.05) is 12.8 Å². The molecule has 0 radical (unpaired) electrons. The molecule has 0 aromatic carbocycles. The van der Waals surface area contributed by atoms with Gasteiger partial charge >= 0.3 is 0 Å². The van der Waals surface area contributed by atoms with Gasteiger partial charge in [0.15, 0.2) is 5.78 Å². The molecule has 0 bridgehead atoms. The fraction of sp³-hybridized carbons (Fsp3) is 0.714. The molecular formula is C28H43NO7. The topological polar surface area (TPSA) is 118 Å². The van der Waals surface area contributed by atoms with Gasteiger partial charge in [0.05, 0.1) is 31.0 Å². The van der Waals surface area contributed by atoms with Crippen molar-refractivity contribution in [3.8, 4) is 0 Å². The van der Waals surface area contributed by atoms with Crippen molar-refractivity contribution in [2.24, 2.45) is 11.8 Å². The SMILES string of the molecule is CC(/C=C/[C@H]1O[C@H](CC(=O)CO)C[C@@]2(CO2)[C@@H]1O)=C\C[C@@H]1O[C@H](C)[C@H](NC(=O)/C=C\C(C)C)C[C@@H]1C. The van der Waals surface area contributed by atoms with Gasteiger partial charge in [-0.3, -0.25) is 9.59 Å². The van der Waals surface area contributed by atoms with E-state index in [-0.39, 0.29) is 48.4 Å². The van der Waals surface area contributed by atoms with Crippen molar-refractivity contribution in [1.29, 1.82) is 0 Å². The molecule has 8 nitrogen and oxygen atoms in total. The van der Waals surface area contributed by atoms with Crippen LogP contribution in [-0.4, -0.2) is 77.3 Å². The zero-order valence-corrected chi connectivity index (χ0v) is 22.2. The number of hydrogen-bond acceptors (Lipinski definition) is 7. The number of hydrogen-bond donors (Lipinski definition) is 3. The maximum atomic E-state index is 12.2. The van der Waals surface area contributed by atoms with Crippen LogP contribution in [0.5, 0.6) is 0 Å². The average molecular weight is 506 g/mol. The number of nitrogens with one attached hydrogen (secondary N) is 1. The molecular weight excluding hydrogens is 462 g/mol. The molecule has 36 heavy (non-hydrogen) atoms. The lowest BCUT2D eigenvalue weighted by molar-refractivity contribution is -0.145. The molecule has 3 heterocycles. The Morgan fingerprint density at radius 2 is 1.92 bits per heavy atom. The number of aliphatic hydroxyl groups is 2. The molecule has 0 aromatic heterocycles. The summed E-state index contributed by atoms with van der Waals surface area (Å²) in [5, 5.41) is 22.8. The lowest BCUT2D eigenvalue weighted by Crippen LogP contribution is -2.50. The second-order valence-corrected chi connectivity index (χ2v) is 11.0. The molecule has 0 saturated carbocycles. The van der Waals surface area contributed by atoms with Gasteiger partial charge in [-0.1, -0.05) is 50.6 Å². The largest absolute Gasteiger partial charge is 0.389 e. The maximum Gasteiger partial charge on any atom is 0.243 e. The Balaban J connectivity index is 1.52. The number of carbonyl (C=O) groups is 2. The quantitative estimate of drug-likeness (QED) is 0.237. The summed E-state index contributed by atoms with van der Waals surface area (Å²) in [6.45, 7) is 10.1. The van der Waals surface area contributed by atoms with E-state index in [0.717, 1.165) is 18.4 Å². The molecule has 1 amide bonds. The van der Waals surface area contributed by atoms with Crippen molar-refractivity contribution in [1.82, 2.24) is 5.32 Å². The number of epoxide rings is 1. The van der Waals surface area contributed by atoms with E-state index in [2.05, 4.69) is 18.3 Å². The van der Waals surface area contributed by atoms with Crippen LogP contribution >= 0.6 is 0 Å². The summed E-state index contributed by atoms with van der Waals surface area (Å²) in [6, 6.07) is -0.0157. The van der Waals surface area contributed by atoms with Crippen LogP contribution in [0, 0.1) is 11.8 Å². The lowest BCUT2D eigenvalue weighted by Gasteiger charge is -2.39. The number of ketones is 1. The Morgan fingerprint density at radius 1 is 1.19 bits per heavy atom. The number of amides is 1. The van der Waals surface area contributed by atoms with E-state index >= 15 is 0 Å². The third-order valence-electron chi connectivity index (χ3n) is 7.32. The Labute approximate surface area is 214 Å². The van der Waals surface area contributed by atoms with Crippen molar-refractivity contribution in [2.75, 3.05) is 13.2 Å². The van der Waals surface area contributed by atoms with Gasteiger partial charge in [0.25, 0.3) is 0 Å². The van der Waals surface area contributed by atoms with Crippen LogP contribution in [0.1, 0.15) is 60.3 Å². The van der Waals surface area contributed by atoms with Crippen molar-refractivity contribution >= 4 is 11.7 Å². The highest BCUT2D eigenvalue weighted by Crippen LogP contribution is 2.43. The molecule has 3 aliphatic heterocycles. The van der Waals surface area contributed by atoms with Gasteiger partial charge < -0.3 is 29.7 Å². The average Bonchev–Trinajstić information content (AvgIpc) is 3.60. The van der Waals surface area contributed by atoms with Gasteiger partial charge in [-0.25, -0.2) is 0 Å². The van der Waals surface area contributed by atoms with E-state index in [0.29, 0.717) is 18.9 Å². The second-order valence-electron chi connectivity index (χ2n) is 11.0. The first kappa shape index (κ1) is 28.7. The normalized spacial score (nSPS) is 37.2. The Bertz CT molecular complexity index is 860. The molecule has 8 heteroatoms. The van der Waals surface area contributed by atoms with Gasteiger partial charge in [-0.2, -0.15) is 0 Å². The summed E-state index contributed by atoms with van der Waals surface area (Å²) in [4.78, 5) is 23.9. The first-order chi connectivity index (χ1) is 17.0. The minimum Gasteiger partial charge on any atom is -0.389 e. The zero-order valence-electron chi connectivity index (χ0n) is 22.2. The Kier molecular flexibility index (Phi) is 10.1. The van der Waals surface area contributed by atoms with Crippen LogP contribution in [-0.2, 0) is 23.8 Å². The number of allylic oxidation sites excluding steroid dienone is 3. The first-order valence-electron chi connectivity index (χ1n) is 13.1. The van der Waals surface area contributed by atoms with Gasteiger partial charge in [0.1, 0.15) is 24.4 Å². The Morgan fingerprint density at radius 3 is 2.56 bits per heavy atom.